The molecule has 0 atom stereocenters. The Hall–Kier alpha value is -0.770. The number of ether oxygens (including phenoxy) is 1. The summed E-state index contributed by atoms with van der Waals surface area (Å²) < 4.78 is 5.30. The van der Waals surface area contributed by atoms with Crippen LogP contribution in [0, 0.1) is 0 Å². The molecule has 1 saturated carbocycles. The van der Waals surface area contributed by atoms with Gasteiger partial charge in [0.1, 0.15) is 5.60 Å². The van der Waals surface area contributed by atoms with Crippen LogP contribution in [-0.2, 0) is 4.74 Å². The van der Waals surface area contributed by atoms with E-state index in [0.29, 0.717) is 0 Å². The zero-order valence-electron chi connectivity index (χ0n) is 7.06. The van der Waals surface area contributed by atoms with Crippen LogP contribution in [0.15, 0.2) is 0 Å². The van der Waals surface area contributed by atoms with Gasteiger partial charge in [0.15, 0.2) is 0 Å². The first-order valence-electron chi connectivity index (χ1n) is 4.53. The minimum atomic E-state index is -0.330. The maximum absolute atomic E-state index is 10.9. The Balaban J connectivity index is 2.02. The molecule has 1 saturated heterocycles. The van der Waals surface area contributed by atoms with Gasteiger partial charge in [-0.15, -0.1) is 0 Å². The smallest absolute Gasteiger partial charge is 0.422 e. The SMILES string of the molecule is O=C1NNCC2(CCCCC2)O1. The van der Waals surface area contributed by atoms with Crippen LogP contribution in [0.4, 0.5) is 4.79 Å². The average molecular weight is 170 g/mol. The maximum Gasteiger partial charge on any atom is 0.422 e. The fraction of sp³-hybridized carbons (Fsp3) is 0.875. The van der Waals surface area contributed by atoms with Crippen LogP contribution in [0.5, 0.6) is 0 Å². The van der Waals surface area contributed by atoms with Crippen LogP contribution in [0.2, 0.25) is 0 Å². The van der Waals surface area contributed by atoms with Gasteiger partial charge in [0.2, 0.25) is 0 Å². The van der Waals surface area contributed by atoms with Crippen LogP contribution in [-0.4, -0.2) is 18.2 Å². The Bertz CT molecular complexity index is 182. The van der Waals surface area contributed by atoms with Crippen molar-refractivity contribution in [3.8, 4) is 0 Å². The summed E-state index contributed by atoms with van der Waals surface area (Å²) in [6, 6.07) is 0. The van der Waals surface area contributed by atoms with Crippen LogP contribution in [0.3, 0.4) is 0 Å². The average Bonchev–Trinajstić information content (AvgIpc) is 2.05. The summed E-state index contributed by atoms with van der Waals surface area (Å²) >= 11 is 0. The molecule has 2 fully saturated rings. The summed E-state index contributed by atoms with van der Waals surface area (Å²) in [5.41, 5.74) is 5.12. The third-order valence-electron chi connectivity index (χ3n) is 2.67. The van der Waals surface area contributed by atoms with Crippen LogP contribution >= 0.6 is 0 Å². The first-order valence-corrected chi connectivity index (χ1v) is 4.53. The van der Waals surface area contributed by atoms with Crippen molar-refractivity contribution in [1.82, 2.24) is 10.9 Å². The van der Waals surface area contributed by atoms with Gasteiger partial charge in [0, 0.05) is 0 Å². The highest BCUT2D eigenvalue weighted by Gasteiger charge is 2.38. The fourth-order valence-corrected chi connectivity index (χ4v) is 2.01. The Morgan fingerprint density at radius 2 is 2.00 bits per heavy atom. The topological polar surface area (TPSA) is 50.4 Å². The summed E-state index contributed by atoms with van der Waals surface area (Å²) in [6.07, 6.45) is 5.31. The first kappa shape index (κ1) is 7.86. The van der Waals surface area contributed by atoms with E-state index in [-0.39, 0.29) is 11.7 Å². The lowest BCUT2D eigenvalue weighted by atomic mass is 9.84. The molecule has 1 spiro atoms. The summed E-state index contributed by atoms with van der Waals surface area (Å²) in [7, 11) is 0. The molecule has 1 aliphatic carbocycles. The quantitative estimate of drug-likeness (QED) is 0.568. The molecule has 1 aliphatic heterocycles. The van der Waals surface area contributed by atoms with Gasteiger partial charge in [-0.25, -0.2) is 10.2 Å². The molecular formula is C8H14N2O2. The van der Waals surface area contributed by atoms with Crippen molar-refractivity contribution < 1.29 is 9.53 Å². The summed E-state index contributed by atoms with van der Waals surface area (Å²) in [5, 5.41) is 0. The van der Waals surface area contributed by atoms with Crippen LogP contribution < -0.4 is 10.9 Å². The molecule has 2 N–H and O–H groups in total. The van der Waals surface area contributed by atoms with Crippen LogP contribution in [0.25, 0.3) is 0 Å². The van der Waals surface area contributed by atoms with E-state index in [2.05, 4.69) is 10.9 Å². The molecule has 68 valence electrons. The number of rotatable bonds is 0. The van der Waals surface area contributed by atoms with E-state index < -0.39 is 0 Å². The minimum absolute atomic E-state index is 0.194. The fourth-order valence-electron chi connectivity index (χ4n) is 2.01. The molecule has 4 nitrogen and oxygen atoms in total. The highest BCUT2D eigenvalue weighted by atomic mass is 16.6. The van der Waals surface area contributed by atoms with E-state index in [0.717, 1.165) is 19.4 Å². The molecule has 2 rings (SSSR count). The number of amides is 1. The molecule has 2 aliphatic rings. The molecule has 1 heterocycles. The standard InChI is InChI=1S/C8H14N2O2/c11-7-10-9-6-8(12-7)4-2-1-3-5-8/h9H,1-6H2,(H,10,11). The third kappa shape index (κ3) is 1.39. The number of carbonyl (C=O) groups is 1. The van der Waals surface area contributed by atoms with E-state index >= 15 is 0 Å². The van der Waals surface area contributed by atoms with Crippen molar-refractivity contribution in [2.75, 3.05) is 6.54 Å². The van der Waals surface area contributed by atoms with E-state index in [1.54, 1.807) is 0 Å². The molecule has 0 bridgehead atoms. The van der Waals surface area contributed by atoms with Gasteiger partial charge in [-0.2, -0.15) is 0 Å². The molecule has 0 radical (unpaired) electrons. The van der Waals surface area contributed by atoms with Gasteiger partial charge in [0.05, 0.1) is 6.54 Å². The lowest BCUT2D eigenvalue weighted by Crippen LogP contribution is -2.58. The Labute approximate surface area is 71.6 Å². The highest BCUT2D eigenvalue weighted by molar-refractivity contribution is 5.67. The molecule has 0 unspecified atom stereocenters. The lowest BCUT2D eigenvalue weighted by Gasteiger charge is -2.39. The van der Waals surface area contributed by atoms with Gasteiger partial charge < -0.3 is 4.74 Å². The van der Waals surface area contributed by atoms with Gasteiger partial charge >= 0.3 is 6.09 Å². The molecule has 0 aromatic heterocycles. The third-order valence-corrected chi connectivity index (χ3v) is 2.67. The Kier molecular flexibility index (Phi) is 1.92. The Morgan fingerprint density at radius 3 is 2.67 bits per heavy atom. The summed E-state index contributed by atoms with van der Waals surface area (Å²) in [4.78, 5) is 10.9. The Morgan fingerprint density at radius 1 is 1.25 bits per heavy atom. The predicted molar refractivity (Wildman–Crippen MR) is 43.4 cm³/mol. The van der Waals surface area contributed by atoms with Crippen molar-refractivity contribution in [3.05, 3.63) is 0 Å². The molecule has 0 aromatic rings. The molecule has 4 heteroatoms. The number of hydrazine groups is 1. The predicted octanol–water partition coefficient (Wildman–Crippen LogP) is 0.934. The first-order chi connectivity index (χ1) is 5.81. The lowest BCUT2D eigenvalue weighted by molar-refractivity contribution is -0.0387. The van der Waals surface area contributed by atoms with Crippen molar-refractivity contribution in [1.29, 1.82) is 0 Å². The number of nitrogens with one attached hydrogen (secondary N) is 2. The second-order valence-electron chi connectivity index (χ2n) is 3.61. The van der Waals surface area contributed by atoms with Crippen LogP contribution in [0.1, 0.15) is 32.1 Å². The van der Waals surface area contributed by atoms with E-state index in [4.69, 9.17) is 4.74 Å². The summed E-state index contributed by atoms with van der Waals surface area (Å²) in [6.45, 7) is 0.749. The monoisotopic (exact) mass is 170 g/mol. The largest absolute Gasteiger partial charge is 0.441 e. The second kappa shape index (κ2) is 2.94. The zero-order valence-corrected chi connectivity index (χ0v) is 7.06. The molecule has 1 amide bonds. The van der Waals surface area contributed by atoms with Crippen molar-refractivity contribution in [2.24, 2.45) is 0 Å². The highest BCUT2D eigenvalue weighted by Crippen LogP contribution is 2.31. The summed E-state index contributed by atoms with van der Waals surface area (Å²) in [5.74, 6) is 0. The zero-order chi connectivity index (χ0) is 8.44. The van der Waals surface area contributed by atoms with Gasteiger partial charge in [-0.05, 0) is 25.7 Å². The van der Waals surface area contributed by atoms with Gasteiger partial charge in [-0.1, -0.05) is 6.42 Å². The van der Waals surface area contributed by atoms with Gasteiger partial charge in [-0.3, -0.25) is 5.43 Å². The van der Waals surface area contributed by atoms with Crippen molar-refractivity contribution >= 4 is 6.09 Å². The number of hydrogen-bond acceptors (Lipinski definition) is 3. The second-order valence-corrected chi connectivity index (χ2v) is 3.61. The number of carbonyl (C=O) groups excluding carboxylic acids is 1. The van der Waals surface area contributed by atoms with Crippen molar-refractivity contribution in [3.63, 3.8) is 0 Å². The van der Waals surface area contributed by atoms with E-state index in [1.807, 2.05) is 0 Å². The van der Waals surface area contributed by atoms with E-state index in [9.17, 15) is 4.79 Å². The van der Waals surface area contributed by atoms with E-state index in [1.165, 1.54) is 19.3 Å². The normalized spacial score (nSPS) is 27.8. The minimum Gasteiger partial charge on any atom is -0.441 e. The van der Waals surface area contributed by atoms with Crippen molar-refractivity contribution in [2.45, 2.75) is 37.7 Å². The van der Waals surface area contributed by atoms with Gasteiger partial charge in [0.25, 0.3) is 0 Å². The molecular weight excluding hydrogens is 156 g/mol. The number of hydrogen-bond donors (Lipinski definition) is 2. The maximum atomic E-state index is 10.9. The molecule has 12 heavy (non-hydrogen) atoms. The molecule has 0 aromatic carbocycles.